The molecule has 4 saturated carbocycles. The van der Waals surface area contributed by atoms with E-state index in [9.17, 15) is 4.79 Å². The standard InChI is InChI=1S/C20H33NO2/c1-19-9-3-4-16(19)15-6-5-13-12-14(21-18(22)23)7-11-20(13,2)17(15)8-10-19/h13-17,21H,3-12H2,1-2H3,(H,22,23)/t13-,14-,15+,16+,17+,19+,20+/m1/s1. The van der Waals surface area contributed by atoms with Gasteiger partial charge in [-0.3, -0.25) is 0 Å². The molecule has 0 aromatic carbocycles. The van der Waals surface area contributed by atoms with Gasteiger partial charge in [-0.15, -0.1) is 0 Å². The summed E-state index contributed by atoms with van der Waals surface area (Å²) < 4.78 is 0. The first kappa shape index (κ1) is 15.8. The number of nitrogens with one attached hydrogen (secondary N) is 1. The summed E-state index contributed by atoms with van der Waals surface area (Å²) in [6.45, 7) is 5.13. The minimum absolute atomic E-state index is 0.197. The van der Waals surface area contributed by atoms with E-state index in [1.165, 1.54) is 51.4 Å². The highest BCUT2D eigenvalue weighted by molar-refractivity contribution is 5.64. The zero-order valence-corrected chi connectivity index (χ0v) is 14.8. The van der Waals surface area contributed by atoms with Gasteiger partial charge in [-0.1, -0.05) is 20.3 Å². The molecular weight excluding hydrogens is 286 g/mol. The fraction of sp³-hybridized carbons (Fsp3) is 0.950. The Labute approximate surface area is 140 Å². The van der Waals surface area contributed by atoms with Crippen LogP contribution in [-0.4, -0.2) is 17.2 Å². The molecular formula is C20H33NO2. The lowest BCUT2D eigenvalue weighted by Gasteiger charge is -2.60. The number of amides is 1. The Morgan fingerprint density at radius 1 is 1.00 bits per heavy atom. The fourth-order valence-corrected chi connectivity index (χ4v) is 7.56. The second kappa shape index (κ2) is 5.39. The molecule has 3 heteroatoms. The van der Waals surface area contributed by atoms with Crippen molar-refractivity contribution < 1.29 is 9.90 Å². The van der Waals surface area contributed by atoms with Crippen molar-refractivity contribution in [1.82, 2.24) is 5.32 Å². The van der Waals surface area contributed by atoms with Crippen molar-refractivity contribution in [3.63, 3.8) is 0 Å². The van der Waals surface area contributed by atoms with Gasteiger partial charge in [0.25, 0.3) is 0 Å². The van der Waals surface area contributed by atoms with Gasteiger partial charge in [0.15, 0.2) is 0 Å². The van der Waals surface area contributed by atoms with Gasteiger partial charge in [0.2, 0.25) is 0 Å². The lowest BCUT2D eigenvalue weighted by atomic mass is 9.45. The van der Waals surface area contributed by atoms with E-state index < -0.39 is 6.09 Å². The van der Waals surface area contributed by atoms with Gasteiger partial charge in [-0.25, -0.2) is 4.79 Å². The van der Waals surface area contributed by atoms with Crippen molar-refractivity contribution in [2.24, 2.45) is 34.5 Å². The number of rotatable bonds is 1. The van der Waals surface area contributed by atoms with E-state index >= 15 is 0 Å². The summed E-state index contributed by atoms with van der Waals surface area (Å²) in [4.78, 5) is 11.0. The van der Waals surface area contributed by atoms with Crippen LogP contribution in [0, 0.1) is 34.5 Å². The third-order valence-electron chi connectivity index (χ3n) is 8.77. The molecule has 4 rings (SSSR count). The lowest BCUT2D eigenvalue weighted by Crippen LogP contribution is -2.54. The molecule has 130 valence electrons. The third kappa shape index (κ3) is 2.41. The van der Waals surface area contributed by atoms with E-state index in [0.29, 0.717) is 10.8 Å². The monoisotopic (exact) mass is 319 g/mol. The summed E-state index contributed by atoms with van der Waals surface area (Å²) in [6.07, 6.45) is 12.5. The molecule has 0 unspecified atom stereocenters. The average Bonchev–Trinajstić information content (AvgIpc) is 2.89. The van der Waals surface area contributed by atoms with Gasteiger partial charge >= 0.3 is 6.09 Å². The summed E-state index contributed by atoms with van der Waals surface area (Å²) in [5.41, 5.74) is 1.12. The molecule has 7 atom stereocenters. The molecule has 0 saturated heterocycles. The van der Waals surface area contributed by atoms with E-state index in [1.807, 2.05) is 0 Å². The molecule has 4 aliphatic carbocycles. The molecule has 0 heterocycles. The van der Waals surface area contributed by atoms with Crippen LogP contribution in [0.1, 0.15) is 78.1 Å². The summed E-state index contributed by atoms with van der Waals surface area (Å²) in [5, 5.41) is 11.8. The van der Waals surface area contributed by atoms with Gasteiger partial charge in [0, 0.05) is 6.04 Å². The molecule has 23 heavy (non-hydrogen) atoms. The fourth-order valence-electron chi connectivity index (χ4n) is 7.56. The third-order valence-corrected chi connectivity index (χ3v) is 8.77. The van der Waals surface area contributed by atoms with Crippen molar-refractivity contribution in [3.05, 3.63) is 0 Å². The van der Waals surface area contributed by atoms with Crippen LogP contribution in [0.25, 0.3) is 0 Å². The van der Waals surface area contributed by atoms with E-state index in [4.69, 9.17) is 5.11 Å². The predicted molar refractivity (Wildman–Crippen MR) is 91.3 cm³/mol. The summed E-state index contributed by atoms with van der Waals surface area (Å²) >= 11 is 0. The number of hydrogen-bond donors (Lipinski definition) is 2. The van der Waals surface area contributed by atoms with E-state index in [0.717, 1.165) is 36.5 Å². The summed E-state index contributed by atoms with van der Waals surface area (Å²) in [7, 11) is 0. The number of hydrogen-bond acceptors (Lipinski definition) is 1. The quantitative estimate of drug-likeness (QED) is 0.710. The second-order valence-corrected chi connectivity index (χ2v) is 9.66. The summed E-state index contributed by atoms with van der Waals surface area (Å²) in [5.74, 6) is 3.58. The first-order chi connectivity index (χ1) is 10.9. The average molecular weight is 319 g/mol. The predicted octanol–water partition coefficient (Wildman–Crippen LogP) is 5.06. The molecule has 0 spiro atoms. The number of carbonyl (C=O) groups is 1. The van der Waals surface area contributed by atoms with Gasteiger partial charge in [0.05, 0.1) is 0 Å². The van der Waals surface area contributed by atoms with Crippen LogP contribution in [0.2, 0.25) is 0 Å². The van der Waals surface area contributed by atoms with Crippen LogP contribution in [0.15, 0.2) is 0 Å². The van der Waals surface area contributed by atoms with Crippen molar-refractivity contribution in [2.45, 2.75) is 84.1 Å². The van der Waals surface area contributed by atoms with Gasteiger partial charge in [-0.05, 0) is 92.3 Å². The Balaban J connectivity index is 1.53. The minimum Gasteiger partial charge on any atom is -0.465 e. The molecule has 0 aromatic rings. The van der Waals surface area contributed by atoms with Crippen molar-refractivity contribution in [2.75, 3.05) is 0 Å². The normalized spacial score (nSPS) is 52.2. The molecule has 2 N–H and O–H groups in total. The lowest BCUT2D eigenvalue weighted by molar-refractivity contribution is -0.107. The highest BCUT2D eigenvalue weighted by Gasteiger charge is 2.57. The SMILES string of the molecule is C[C@@]12CCC[C@H]1[C@@H]1CC[C@@H]3C[C@H](NC(=O)O)CC[C@]3(C)[C@H]1CC2. The van der Waals surface area contributed by atoms with Crippen LogP contribution < -0.4 is 5.32 Å². The Kier molecular flexibility index (Phi) is 3.70. The minimum atomic E-state index is -0.841. The molecule has 0 bridgehead atoms. The zero-order chi connectivity index (χ0) is 16.2. The Bertz CT molecular complexity index is 492. The molecule has 4 aliphatic rings. The van der Waals surface area contributed by atoms with Crippen molar-refractivity contribution >= 4 is 6.09 Å². The first-order valence-corrected chi connectivity index (χ1v) is 9.92. The van der Waals surface area contributed by atoms with Crippen LogP contribution >= 0.6 is 0 Å². The Morgan fingerprint density at radius 2 is 1.83 bits per heavy atom. The maximum atomic E-state index is 11.0. The maximum absolute atomic E-state index is 11.0. The zero-order valence-electron chi connectivity index (χ0n) is 14.8. The number of carboxylic acid groups (broad SMARTS) is 1. The second-order valence-electron chi connectivity index (χ2n) is 9.66. The molecule has 1 amide bonds. The van der Waals surface area contributed by atoms with Crippen LogP contribution in [-0.2, 0) is 0 Å². The van der Waals surface area contributed by atoms with Gasteiger partial charge < -0.3 is 10.4 Å². The maximum Gasteiger partial charge on any atom is 0.404 e. The number of fused-ring (bicyclic) bond motifs is 5. The van der Waals surface area contributed by atoms with E-state index in [1.54, 1.807) is 0 Å². The van der Waals surface area contributed by atoms with Crippen molar-refractivity contribution in [1.29, 1.82) is 0 Å². The topological polar surface area (TPSA) is 49.3 Å². The largest absolute Gasteiger partial charge is 0.465 e. The van der Waals surface area contributed by atoms with Crippen LogP contribution in [0.5, 0.6) is 0 Å². The Hall–Kier alpha value is -0.730. The van der Waals surface area contributed by atoms with Crippen molar-refractivity contribution in [3.8, 4) is 0 Å². The van der Waals surface area contributed by atoms with Crippen LogP contribution in [0.4, 0.5) is 4.79 Å². The first-order valence-electron chi connectivity index (χ1n) is 9.92. The smallest absolute Gasteiger partial charge is 0.404 e. The molecule has 0 aromatic heterocycles. The highest BCUT2D eigenvalue weighted by atomic mass is 16.4. The molecule has 0 radical (unpaired) electrons. The molecule has 4 fully saturated rings. The molecule has 3 nitrogen and oxygen atoms in total. The molecule has 0 aliphatic heterocycles. The van der Waals surface area contributed by atoms with E-state index in [-0.39, 0.29) is 6.04 Å². The highest BCUT2D eigenvalue weighted by Crippen LogP contribution is 2.66. The summed E-state index contributed by atoms with van der Waals surface area (Å²) in [6, 6.07) is 0.197. The Morgan fingerprint density at radius 3 is 2.61 bits per heavy atom. The van der Waals surface area contributed by atoms with Crippen LogP contribution in [0.3, 0.4) is 0 Å². The van der Waals surface area contributed by atoms with Gasteiger partial charge in [0.1, 0.15) is 0 Å². The van der Waals surface area contributed by atoms with Gasteiger partial charge in [-0.2, -0.15) is 0 Å². The van der Waals surface area contributed by atoms with E-state index in [2.05, 4.69) is 19.2 Å².